The first-order valence-corrected chi connectivity index (χ1v) is 31.1. The van der Waals surface area contributed by atoms with E-state index in [-0.39, 0.29) is 79.0 Å². The molecule has 0 radical (unpaired) electrons. The van der Waals surface area contributed by atoms with Gasteiger partial charge in [0, 0.05) is 97.7 Å². The van der Waals surface area contributed by atoms with Gasteiger partial charge in [0.2, 0.25) is 16.3 Å². The van der Waals surface area contributed by atoms with E-state index >= 15 is 0 Å². The van der Waals surface area contributed by atoms with Gasteiger partial charge < -0.3 is 60.5 Å². The molecule has 0 saturated heterocycles. The fraction of sp³-hybridized carbons (Fsp3) is 0.351. The number of phenolic OH excluding ortho intramolecular Hbond substituents is 1. The third kappa shape index (κ3) is 18.9. The molecule has 0 bridgehead atoms. The van der Waals surface area contributed by atoms with Crippen molar-refractivity contribution in [1.82, 2.24) is 15.0 Å². The minimum Gasteiger partial charge on any atom is -0.508 e. The van der Waals surface area contributed by atoms with E-state index in [0.29, 0.717) is 55.5 Å². The van der Waals surface area contributed by atoms with Gasteiger partial charge in [0.25, 0.3) is 11.8 Å². The number of fused-ring (bicyclic) bond motifs is 3. The molecule has 0 atom stereocenters. The number of amides is 2. The molecule has 0 unspecified atom stereocenters. The average Bonchev–Trinajstić information content (AvgIpc) is 0.790. The van der Waals surface area contributed by atoms with Crippen LogP contribution in [-0.4, -0.2) is 69.5 Å². The van der Waals surface area contributed by atoms with E-state index in [1.54, 1.807) is 78.9 Å². The molecule has 9 N–H and O–H groups in total. The molecule has 0 aliphatic rings. The molecule has 9 aromatic rings. The lowest BCUT2D eigenvalue weighted by Crippen LogP contribution is -2.25. The number of pyridine rings is 3. The number of nitrogens with one attached hydrogen (secondary N) is 5. The molecule has 2 amide bonds. The van der Waals surface area contributed by atoms with Crippen LogP contribution in [0.2, 0.25) is 0 Å². The number of carbonyl (C=O) groups excluding carboxylic acids is 4. The van der Waals surface area contributed by atoms with Gasteiger partial charge in [0.15, 0.2) is 0 Å². The summed E-state index contributed by atoms with van der Waals surface area (Å²) < 4.78 is 19.9. The van der Waals surface area contributed by atoms with E-state index < -0.39 is 35.5 Å². The number of nitrogens with two attached hydrogens (primary N) is 1. The molecule has 9 rings (SSSR count). The number of aromatic hydroxyl groups is 1. The van der Waals surface area contributed by atoms with Crippen molar-refractivity contribution in [2.75, 3.05) is 30.6 Å². The highest BCUT2D eigenvalue weighted by molar-refractivity contribution is 6.07. The molecule has 3 aromatic heterocycles. The third-order valence-electron chi connectivity index (χ3n) is 15.6. The lowest BCUT2D eigenvalue weighted by molar-refractivity contribution is 0.0694. The van der Waals surface area contributed by atoms with E-state index in [9.17, 15) is 43.5 Å². The highest BCUT2D eigenvalue weighted by atomic mass is 16.7. The molecular weight excluding hydrogens is 1230 g/mol. The Balaban J connectivity index is 0.000000243. The molecule has 0 saturated carbocycles. The van der Waals surface area contributed by atoms with Gasteiger partial charge in [-0.15, -0.1) is 0 Å². The van der Waals surface area contributed by atoms with Crippen molar-refractivity contribution in [3.05, 3.63) is 209 Å². The summed E-state index contributed by atoms with van der Waals surface area (Å²) in [7, 11) is 2.52. The van der Waals surface area contributed by atoms with Crippen molar-refractivity contribution in [2.45, 2.75) is 165 Å². The standard InChI is InChI=1S/C26H30N2O5.C24H28N2O3.C16H25NO3.C10H7NO3.CH4/c1-25(2,3)17-12-18(26(4,5)6)21(33-24(31)32-7)13-20(17)28-23(30)16-14-27-19-11-9-8-10-15(19)22(16)29;1-23(2,3)16-11-17(24(4,5)6)20(27)12-19(16)26-22(29)15-13-25-18-10-8-7-9-14(18)21(15)28;1-15(2,3)10-8-11(16(4,5)6)13(9-12(10)17)20-14(18)19-7;12-9-6-3-1-2-4-8(6)11-5-7(9)10(13)14;/h8-14H,1-7H3,(H,27,29)(H,28,30);7-13,27H,1-6H3,(H,25,28)(H,26,29);8-9H,17H2,1-7H3;1-5H,(H,11,12)(H,13,14);1H4. The minimum atomic E-state index is -1.21. The number of aromatic amines is 3. The largest absolute Gasteiger partial charge is 0.513 e. The Morgan fingerprint density at radius 3 is 1.05 bits per heavy atom. The molecule has 0 aliphatic heterocycles. The first kappa shape index (κ1) is 77.2. The zero-order valence-electron chi connectivity index (χ0n) is 58.5. The maximum absolute atomic E-state index is 13.2. The monoisotopic (exact) mass is 1330 g/mol. The van der Waals surface area contributed by atoms with E-state index in [1.165, 1.54) is 32.8 Å². The fourth-order valence-corrected chi connectivity index (χ4v) is 10.4. The molecular formula is C77H94N6O14. The van der Waals surface area contributed by atoms with Gasteiger partial charge in [-0.1, -0.05) is 168 Å². The van der Waals surface area contributed by atoms with Crippen LogP contribution in [0.1, 0.15) is 197 Å². The normalized spacial score (nSPS) is 11.7. The van der Waals surface area contributed by atoms with Crippen LogP contribution in [0.25, 0.3) is 32.7 Å². The van der Waals surface area contributed by atoms with Gasteiger partial charge in [-0.25, -0.2) is 14.4 Å². The zero-order valence-corrected chi connectivity index (χ0v) is 58.5. The number of hydrogen-bond donors (Lipinski definition) is 8. The van der Waals surface area contributed by atoms with Gasteiger partial charge in [-0.05, 0) is 109 Å². The van der Waals surface area contributed by atoms with E-state index in [4.69, 9.17) is 20.3 Å². The second-order valence-corrected chi connectivity index (χ2v) is 29.3. The van der Waals surface area contributed by atoms with Crippen molar-refractivity contribution in [1.29, 1.82) is 0 Å². The molecule has 20 nitrogen and oxygen atoms in total. The predicted molar refractivity (Wildman–Crippen MR) is 387 cm³/mol. The van der Waals surface area contributed by atoms with Crippen molar-refractivity contribution in [3.8, 4) is 17.2 Å². The topological polar surface area (TPSA) is 311 Å². The molecule has 20 heteroatoms. The number of carboxylic acid groups (broad SMARTS) is 1. The van der Waals surface area contributed by atoms with Gasteiger partial charge in [0.05, 0.1) is 14.2 Å². The number of anilines is 3. The van der Waals surface area contributed by atoms with Crippen LogP contribution in [0, 0.1) is 0 Å². The fourth-order valence-electron chi connectivity index (χ4n) is 10.4. The average molecular weight is 1330 g/mol. The minimum absolute atomic E-state index is 0. The number of aromatic carboxylic acids is 1. The van der Waals surface area contributed by atoms with Crippen molar-refractivity contribution in [2.24, 2.45) is 0 Å². The number of carbonyl (C=O) groups is 5. The summed E-state index contributed by atoms with van der Waals surface area (Å²) in [5.74, 6) is -1.42. The van der Waals surface area contributed by atoms with Gasteiger partial charge >= 0.3 is 18.3 Å². The number of para-hydroxylation sites is 3. The lowest BCUT2D eigenvalue weighted by atomic mass is 9.79. The smallest absolute Gasteiger partial charge is 0.508 e. The summed E-state index contributed by atoms with van der Waals surface area (Å²) in [4.78, 5) is 106. The van der Waals surface area contributed by atoms with Crippen molar-refractivity contribution >= 4 is 79.9 Å². The van der Waals surface area contributed by atoms with Gasteiger partial charge in [-0.3, -0.25) is 24.0 Å². The Hall–Kier alpha value is -10.5. The third-order valence-corrected chi connectivity index (χ3v) is 15.6. The molecule has 3 heterocycles. The van der Waals surface area contributed by atoms with Crippen LogP contribution in [0.15, 0.2) is 142 Å². The Morgan fingerprint density at radius 2 is 0.711 bits per heavy atom. The molecule has 0 fully saturated rings. The molecule has 0 aliphatic carbocycles. The highest BCUT2D eigenvalue weighted by Gasteiger charge is 2.31. The van der Waals surface area contributed by atoms with Crippen LogP contribution in [-0.2, 0) is 42.0 Å². The number of ether oxygens (including phenoxy) is 4. The molecule has 516 valence electrons. The molecule has 0 spiro atoms. The van der Waals surface area contributed by atoms with E-state index in [0.717, 1.165) is 33.4 Å². The van der Waals surface area contributed by atoms with E-state index in [2.05, 4.69) is 76.6 Å². The predicted octanol–water partition coefficient (Wildman–Crippen LogP) is 16.5. The second-order valence-electron chi connectivity index (χ2n) is 29.3. The SMILES string of the molecule is C.CC(C)(C)c1cc(C(C)(C)C)c(NC(=O)c2c[nH]c3ccccc3c2=O)cc1O.COC(=O)Oc1cc(N)c(C(C)(C)C)cc1C(C)(C)C.COC(=O)Oc1cc(NC(=O)c2c[nH]c3ccccc3c2=O)c(C(C)(C)C)cc1C(C)(C)C.O=C(O)c1c[nH]c2ccccc2c1=O. The Labute approximate surface area is 566 Å². The van der Waals surface area contributed by atoms with Crippen LogP contribution < -0.4 is 42.1 Å². The van der Waals surface area contributed by atoms with Crippen LogP contribution in [0.3, 0.4) is 0 Å². The summed E-state index contributed by atoms with van der Waals surface area (Å²) in [6.45, 7) is 36.8. The zero-order chi connectivity index (χ0) is 72.0. The first-order chi connectivity index (χ1) is 44.4. The number of aromatic nitrogens is 3. The molecule has 97 heavy (non-hydrogen) atoms. The number of phenols is 1. The number of rotatable bonds is 7. The van der Waals surface area contributed by atoms with E-state index in [1.807, 2.05) is 113 Å². The number of nitrogen functional groups attached to an aromatic ring is 1. The number of carboxylic acids is 1. The summed E-state index contributed by atoms with van der Waals surface area (Å²) >= 11 is 0. The van der Waals surface area contributed by atoms with Crippen molar-refractivity contribution < 1.29 is 53.1 Å². The lowest BCUT2D eigenvalue weighted by Gasteiger charge is -2.29. The first-order valence-electron chi connectivity index (χ1n) is 31.1. The maximum Gasteiger partial charge on any atom is 0.513 e. The highest BCUT2D eigenvalue weighted by Crippen LogP contribution is 2.43. The van der Waals surface area contributed by atoms with Crippen LogP contribution in [0.5, 0.6) is 17.2 Å². The Kier molecular flexibility index (Phi) is 23.9. The number of benzene rings is 6. The Morgan fingerprint density at radius 1 is 0.412 bits per heavy atom. The number of hydrogen-bond acceptors (Lipinski definition) is 14. The summed E-state index contributed by atoms with van der Waals surface area (Å²) in [6.07, 6.45) is 2.46. The van der Waals surface area contributed by atoms with Gasteiger partial charge in [0.1, 0.15) is 33.9 Å². The van der Waals surface area contributed by atoms with Crippen LogP contribution in [0.4, 0.5) is 26.7 Å². The second kappa shape index (κ2) is 30.1. The summed E-state index contributed by atoms with van der Waals surface area (Å²) in [6, 6.07) is 31.7. The summed E-state index contributed by atoms with van der Waals surface area (Å²) in [5.41, 5.74) is 12.1. The Bertz CT molecular complexity index is 4610. The molecule has 6 aromatic carbocycles. The van der Waals surface area contributed by atoms with Gasteiger partial charge in [-0.2, -0.15) is 0 Å². The number of methoxy groups -OCH3 is 2. The summed E-state index contributed by atoms with van der Waals surface area (Å²) in [5, 5.41) is 26.3. The van der Waals surface area contributed by atoms with Crippen molar-refractivity contribution in [3.63, 3.8) is 0 Å². The maximum atomic E-state index is 13.2. The number of H-pyrrole nitrogens is 3. The quantitative estimate of drug-likeness (QED) is 0.0418. The van der Waals surface area contributed by atoms with Crippen LogP contribution >= 0.6 is 0 Å².